The van der Waals surface area contributed by atoms with Crippen LogP contribution in [0.25, 0.3) is 0 Å². The first-order valence-corrected chi connectivity index (χ1v) is 6.89. The van der Waals surface area contributed by atoms with E-state index in [9.17, 15) is 4.79 Å². The molecule has 1 N–H and O–H groups in total. The van der Waals surface area contributed by atoms with Gasteiger partial charge in [0.2, 0.25) is 0 Å². The van der Waals surface area contributed by atoms with Crippen LogP contribution < -0.4 is 10.1 Å². The number of rotatable bonds is 6. The molecule has 19 heavy (non-hydrogen) atoms. The number of hydrogen-bond acceptors (Lipinski definition) is 3. The first-order valence-electron chi connectivity index (χ1n) is 6.36. The zero-order valence-corrected chi connectivity index (χ0v) is 11.7. The summed E-state index contributed by atoms with van der Waals surface area (Å²) in [6, 6.07) is 5.45. The molecule has 5 heteroatoms. The van der Waals surface area contributed by atoms with Crippen LogP contribution in [0.1, 0.15) is 22.3 Å². The minimum Gasteiger partial charge on any atom is -0.493 e. The Balaban J connectivity index is 1.99. The van der Waals surface area contributed by atoms with Crippen molar-refractivity contribution in [1.82, 2.24) is 5.32 Å². The van der Waals surface area contributed by atoms with Crippen LogP contribution in [-0.4, -0.2) is 38.2 Å². The second-order valence-corrected chi connectivity index (χ2v) is 4.84. The van der Waals surface area contributed by atoms with E-state index in [2.05, 4.69) is 5.32 Å². The van der Waals surface area contributed by atoms with Crippen LogP contribution in [0.15, 0.2) is 18.2 Å². The number of carbonyl (C=O) groups is 1. The van der Waals surface area contributed by atoms with Crippen LogP contribution in [0.3, 0.4) is 0 Å². The third-order valence-electron chi connectivity index (χ3n) is 3.14. The molecule has 1 atom stereocenters. The fourth-order valence-electron chi connectivity index (χ4n) is 2.04. The van der Waals surface area contributed by atoms with Gasteiger partial charge in [0.05, 0.1) is 6.61 Å². The smallest absolute Gasteiger partial charge is 0.251 e. The predicted molar refractivity (Wildman–Crippen MR) is 74.1 cm³/mol. The van der Waals surface area contributed by atoms with Gasteiger partial charge >= 0.3 is 0 Å². The molecule has 0 aliphatic carbocycles. The lowest BCUT2D eigenvalue weighted by Crippen LogP contribution is -2.37. The summed E-state index contributed by atoms with van der Waals surface area (Å²) in [5, 5.41) is 2.92. The van der Waals surface area contributed by atoms with Crippen molar-refractivity contribution in [2.45, 2.75) is 18.9 Å². The van der Waals surface area contributed by atoms with E-state index in [1.165, 1.54) is 0 Å². The third kappa shape index (κ3) is 3.61. The molecule has 0 spiro atoms. The van der Waals surface area contributed by atoms with Crippen LogP contribution in [0, 0.1) is 0 Å². The van der Waals surface area contributed by atoms with Gasteiger partial charge in [-0.05, 0) is 30.2 Å². The standard InChI is InChI=1S/C14H18ClNO3/c1-18-6-5-12(9-15)16-14(17)11-2-3-13-10(8-11)4-7-19-13/h2-3,8,12H,4-7,9H2,1H3,(H,16,17). The maximum Gasteiger partial charge on any atom is 0.251 e. The Labute approximate surface area is 118 Å². The Morgan fingerprint density at radius 3 is 3.16 bits per heavy atom. The molecule has 1 aliphatic rings. The van der Waals surface area contributed by atoms with Crippen LogP contribution >= 0.6 is 11.6 Å². The average Bonchev–Trinajstić information content (AvgIpc) is 2.90. The first kappa shape index (κ1) is 14.2. The molecule has 1 amide bonds. The molecule has 4 nitrogen and oxygen atoms in total. The Morgan fingerprint density at radius 1 is 1.58 bits per heavy atom. The van der Waals surface area contributed by atoms with Crippen molar-refractivity contribution in [3.05, 3.63) is 29.3 Å². The van der Waals surface area contributed by atoms with Crippen molar-refractivity contribution in [3.8, 4) is 5.75 Å². The summed E-state index contributed by atoms with van der Waals surface area (Å²) in [6.45, 7) is 1.27. The topological polar surface area (TPSA) is 47.6 Å². The minimum absolute atomic E-state index is 0.0707. The van der Waals surface area contributed by atoms with Crippen LogP contribution in [0.4, 0.5) is 0 Å². The molecule has 2 rings (SSSR count). The van der Waals surface area contributed by atoms with Gasteiger partial charge in [-0.1, -0.05) is 0 Å². The van der Waals surface area contributed by atoms with Crippen LogP contribution in [0.5, 0.6) is 5.75 Å². The fraction of sp³-hybridized carbons (Fsp3) is 0.500. The molecule has 0 radical (unpaired) electrons. The van der Waals surface area contributed by atoms with Gasteiger partial charge in [-0.15, -0.1) is 11.6 Å². The zero-order valence-electron chi connectivity index (χ0n) is 10.9. The number of halogens is 1. The molecule has 0 bridgehead atoms. The monoisotopic (exact) mass is 283 g/mol. The Kier molecular flexibility index (Phi) is 5.05. The molecule has 1 aromatic carbocycles. The molecular formula is C14H18ClNO3. The third-order valence-corrected chi connectivity index (χ3v) is 3.52. The number of fused-ring (bicyclic) bond motifs is 1. The number of benzene rings is 1. The predicted octanol–water partition coefficient (Wildman–Crippen LogP) is 2.00. The van der Waals surface area contributed by atoms with E-state index in [0.29, 0.717) is 31.1 Å². The van der Waals surface area contributed by atoms with Crippen LogP contribution in [0.2, 0.25) is 0 Å². The summed E-state index contributed by atoms with van der Waals surface area (Å²) in [6.07, 6.45) is 1.57. The summed E-state index contributed by atoms with van der Waals surface area (Å²) >= 11 is 5.84. The van der Waals surface area contributed by atoms with Gasteiger partial charge in [0, 0.05) is 37.6 Å². The van der Waals surface area contributed by atoms with Crippen molar-refractivity contribution in [3.63, 3.8) is 0 Å². The number of carbonyl (C=O) groups excluding carboxylic acids is 1. The summed E-state index contributed by atoms with van der Waals surface area (Å²) in [5.41, 5.74) is 1.74. The Bertz CT molecular complexity index is 450. The summed E-state index contributed by atoms with van der Waals surface area (Å²) in [7, 11) is 1.63. The highest BCUT2D eigenvalue weighted by atomic mass is 35.5. The highest BCUT2D eigenvalue weighted by Crippen LogP contribution is 2.25. The summed E-state index contributed by atoms with van der Waals surface area (Å²) in [4.78, 5) is 12.1. The van der Waals surface area contributed by atoms with E-state index in [-0.39, 0.29) is 11.9 Å². The molecule has 0 saturated heterocycles. The Morgan fingerprint density at radius 2 is 2.42 bits per heavy atom. The molecule has 1 heterocycles. The highest BCUT2D eigenvalue weighted by Gasteiger charge is 2.17. The van der Waals surface area contributed by atoms with E-state index >= 15 is 0 Å². The van der Waals surface area contributed by atoms with Gasteiger partial charge in [-0.3, -0.25) is 4.79 Å². The summed E-state index contributed by atoms with van der Waals surface area (Å²) in [5.74, 6) is 1.16. The molecule has 0 aromatic heterocycles. The average molecular weight is 284 g/mol. The van der Waals surface area contributed by atoms with Crippen molar-refractivity contribution in [2.75, 3.05) is 26.2 Å². The van der Waals surface area contributed by atoms with E-state index < -0.39 is 0 Å². The molecular weight excluding hydrogens is 266 g/mol. The van der Waals surface area contributed by atoms with E-state index in [1.807, 2.05) is 12.1 Å². The van der Waals surface area contributed by atoms with E-state index in [0.717, 1.165) is 17.7 Å². The molecule has 1 unspecified atom stereocenters. The van der Waals surface area contributed by atoms with E-state index in [4.69, 9.17) is 21.1 Å². The van der Waals surface area contributed by atoms with Crippen molar-refractivity contribution in [2.24, 2.45) is 0 Å². The lowest BCUT2D eigenvalue weighted by atomic mass is 10.1. The molecule has 1 aliphatic heterocycles. The quantitative estimate of drug-likeness (QED) is 0.812. The first-order chi connectivity index (χ1) is 9.24. The molecule has 104 valence electrons. The van der Waals surface area contributed by atoms with Crippen molar-refractivity contribution in [1.29, 1.82) is 0 Å². The van der Waals surface area contributed by atoms with Gasteiger partial charge in [0.1, 0.15) is 5.75 Å². The normalized spacial score (nSPS) is 14.6. The number of alkyl halides is 1. The lowest BCUT2D eigenvalue weighted by Gasteiger charge is -2.15. The van der Waals surface area contributed by atoms with Crippen molar-refractivity contribution >= 4 is 17.5 Å². The Hall–Kier alpha value is -1.26. The zero-order chi connectivity index (χ0) is 13.7. The molecule has 0 fully saturated rings. The van der Waals surface area contributed by atoms with Gasteiger partial charge in [-0.2, -0.15) is 0 Å². The minimum atomic E-state index is -0.101. The van der Waals surface area contributed by atoms with E-state index in [1.54, 1.807) is 13.2 Å². The fourth-order valence-corrected chi connectivity index (χ4v) is 2.28. The largest absolute Gasteiger partial charge is 0.493 e. The SMILES string of the molecule is COCCC(CCl)NC(=O)c1ccc2c(c1)CCO2. The second kappa shape index (κ2) is 6.78. The number of methoxy groups -OCH3 is 1. The number of ether oxygens (including phenoxy) is 2. The molecule has 1 aromatic rings. The summed E-state index contributed by atoms with van der Waals surface area (Å²) < 4.78 is 10.4. The lowest BCUT2D eigenvalue weighted by molar-refractivity contribution is 0.0930. The van der Waals surface area contributed by atoms with Crippen molar-refractivity contribution < 1.29 is 14.3 Å². The molecule has 0 saturated carbocycles. The highest BCUT2D eigenvalue weighted by molar-refractivity contribution is 6.18. The van der Waals surface area contributed by atoms with Gasteiger partial charge in [0.25, 0.3) is 5.91 Å². The maximum atomic E-state index is 12.1. The van der Waals surface area contributed by atoms with Gasteiger partial charge in [-0.25, -0.2) is 0 Å². The van der Waals surface area contributed by atoms with Crippen LogP contribution in [-0.2, 0) is 11.2 Å². The number of nitrogens with one attached hydrogen (secondary N) is 1. The number of amides is 1. The van der Waals surface area contributed by atoms with Gasteiger partial charge in [0.15, 0.2) is 0 Å². The maximum absolute atomic E-state index is 12.1. The number of hydrogen-bond donors (Lipinski definition) is 1. The second-order valence-electron chi connectivity index (χ2n) is 4.53. The van der Waals surface area contributed by atoms with Gasteiger partial charge < -0.3 is 14.8 Å².